The van der Waals surface area contributed by atoms with Crippen molar-refractivity contribution in [3.63, 3.8) is 0 Å². The first-order valence-corrected chi connectivity index (χ1v) is 5.57. The third-order valence-electron chi connectivity index (χ3n) is 2.86. The van der Waals surface area contributed by atoms with Crippen LogP contribution in [0.15, 0.2) is 28.9 Å². The third-order valence-corrected chi connectivity index (χ3v) is 2.86. The van der Waals surface area contributed by atoms with Gasteiger partial charge < -0.3 is 9.63 Å². The molecule has 6 nitrogen and oxygen atoms in total. The van der Waals surface area contributed by atoms with E-state index >= 15 is 0 Å². The molecule has 2 rings (SSSR count). The normalized spacial score (nSPS) is 14.1. The molecule has 18 heavy (non-hydrogen) atoms. The van der Waals surface area contributed by atoms with Gasteiger partial charge in [-0.05, 0) is 12.1 Å². The van der Waals surface area contributed by atoms with Gasteiger partial charge in [0.25, 0.3) is 0 Å². The van der Waals surface area contributed by atoms with Crippen LogP contribution in [0.2, 0.25) is 0 Å². The quantitative estimate of drug-likeness (QED) is 0.888. The van der Waals surface area contributed by atoms with Crippen LogP contribution in [-0.4, -0.2) is 26.2 Å². The van der Waals surface area contributed by atoms with E-state index in [1.54, 1.807) is 32.2 Å². The van der Waals surface area contributed by atoms with E-state index in [2.05, 4.69) is 15.1 Å². The summed E-state index contributed by atoms with van der Waals surface area (Å²) in [5.41, 5.74) is 0.600. The second kappa shape index (κ2) is 4.95. The molecule has 0 aromatic carbocycles. The first-order valence-electron chi connectivity index (χ1n) is 5.57. The molecule has 0 aliphatic heterocycles. The maximum absolute atomic E-state index is 10.9. The Hall–Kier alpha value is -2.24. The van der Waals surface area contributed by atoms with E-state index in [4.69, 9.17) is 9.63 Å². The van der Waals surface area contributed by atoms with Crippen molar-refractivity contribution in [1.82, 2.24) is 15.1 Å². The highest BCUT2D eigenvalue weighted by Crippen LogP contribution is 2.24. The van der Waals surface area contributed by atoms with Crippen molar-refractivity contribution in [2.24, 2.45) is 5.92 Å². The molecule has 1 N–H and O–H groups in total. The summed E-state index contributed by atoms with van der Waals surface area (Å²) >= 11 is 0. The lowest BCUT2D eigenvalue weighted by Gasteiger charge is -2.10. The van der Waals surface area contributed by atoms with Crippen molar-refractivity contribution in [2.75, 3.05) is 0 Å². The fourth-order valence-electron chi connectivity index (χ4n) is 1.45. The number of hydrogen-bond donors (Lipinski definition) is 1. The Labute approximate surface area is 104 Å². The van der Waals surface area contributed by atoms with Crippen LogP contribution >= 0.6 is 0 Å². The molecular formula is C12H13N3O3. The highest BCUT2D eigenvalue weighted by atomic mass is 16.5. The van der Waals surface area contributed by atoms with Crippen molar-refractivity contribution < 1.29 is 14.4 Å². The second-order valence-corrected chi connectivity index (χ2v) is 4.09. The lowest BCUT2D eigenvalue weighted by Crippen LogP contribution is -2.16. The summed E-state index contributed by atoms with van der Waals surface area (Å²) < 4.78 is 5.09. The van der Waals surface area contributed by atoms with Crippen LogP contribution in [0.1, 0.15) is 25.7 Å². The molecule has 0 saturated heterocycles. The number of carbonyl (C=O) groups is 1. The predicted molar refractivity (Wildman–Crippen MR) is 62.7 cm³/mol. The average molecular weight is 247 g/mol. The van der Waals surface area contributed by atoms with Crippen LogP contribution in [0, 0.1) is 5.92 Å². The van der Waals surface area contributed by atoms with Gasteiger partial charge in [-0.3, -0.25) is 9.78 Å². The summed E-state index contributed by atoms with van der Waals surface area (Å²) in [7, 11) is 0. The van der Waals surface area contributed by atoms with Crippen LogP contribution in [0.5, 0.6) is 0 Å². The maximum atomic E-state index is 10.9. The second-order valence-electron chi connectivity index (χ2n) is 4.09. The standard InChI is InChI=1S/C12H13N3O3/c1-7(8(2)12(16)17)11-14-10(15-18-11)9-5-3-4-6-13-9/h3-8H,1-2H3,(H,16,17). The topological polar surface area (TPSA) is 89.1 Å². The van der Waals surface area contributed by atoms with Crippen molar-refractivity contribution >= 4 is 5.97 Å². The van der Waals surface area contributed by atoms with Crippen LogP contribution in [0.4, 0.5) is 0 Å². The lowest BCUT2D eigenvalue weighted by atomic mass is 9.96. The van der Waals surface area contributed by atoms with Gasteiger partial charge in [-0.15, -0.1) is 0 Å². The van der Waals surface area contributed by atoms with Crippen LogP contribution in [0.3, 0.4) is 0 Å². The number of carboxylic acids is 1. The van der Waals surface area contributed by atoms with Gasteiger partial charge >= 0.3 is 5.97 Å². The van der Waals surface area contributed by atoms with E-state index in [9.17, 15) is 4.79 Å². The fraction of sp³-hybridized carbons (Fsp3) is 0.333. The van der Waals surface area contributed by atoms with Gasteiger partial charge in [-0.25, -0.2) is 0 Å². The molecule has 0 spiro atoms. The summed E-state index contributed by atoms with van der Waals surface area (Å²) in [5.74, 6) is -1.13. The molecule has 2 heterocycles. The molecule has 0 saturated carbocycles. The minimum Gasteiger partial charge on any atom is -0.481 e. The van der Waals surface area contributed by atoms with Crippen molar-refractivity contribution in [1.29, 1.82) is 0 Å². The zero-order valence-corrected chi connectivity index (χ0v) is 10.1. The molecule has 6 heteroatoms. The van der Waals surface area contributed by atoms with Gasteiger partial charge in [0, 0.05) is 12.1 Å². The SMILES string of the molecule is CC(C(=O)O)C(C)c1nc(-c2ccccn2)no1. The minimum absolute atomic E-state index is 0.311. The Bertz CT molecular complexity index is 539. The van der Waals surface area contributed by atoms with Gasteiger partial charge in [0.1, 0.15) is 5.69 Å². The highest BCUT2D eigenvalue weighted by molar-refractivity contribution is 5.70. The summed E-state index contributed by atoms with van der Waals surface area (Å²) in [5, 5.41) is 12.7. The highest BCUT2D eigenvalue weighted by Gasteiger charge is 2.26. The lowest BCUT2D eigenvalue weighted by molar-refractivity contribution is -0.141. The predicted octanol–water partition coefficient (Wildman–Crippen LogP) is 1.96. The Morgan fingerprint density at radius 3 is 2.78 bits per heavy atom. The van der Waals surface area contributed by atoms with Gasteiger partial charge in [0.15, 0.2) is 0 Å². The molecule has 0 bridgehead atoms. The Morgan fingerprint density at radius 2 is 2.17 bits per heavy atom. The Kier molecular flexibility index (Phi) is 3.36. The first-order chi connectivity index (χ1) is 8.59. The molecule has 2 unspecified atom stereocenters. The van der Waals surface area contributed by atoms with Gasteiger partial charge in [0.2, 0.25) is 11.7 Å². The molecular weight excluding hydrogens is 234 g/mol. The molecule has 0 amide bonds. The number of nitrogens with zero attached hydrogens (tertiary/aromatic N) is 3. The maximum Gasteiger partial charge on any atom is 0.307 e. The zero-order valence-electron chi connectivity index (χ0n) is 10.1. The number of carboxylic acid groups (broad SMARTS) is 1. The van der Waals surface area contributed by atoms with Crippen LogP contribution < -0.4 is 0 Å². The Morgan fingerprint density at radius 1 is 1.39 bits per heavy atom. The van der Waals surface area contributed by atoms with E-state index in [0.717, 1.165) is 0 Å². The third kappa shape index (κ3) is 2.37. The largest absolute Gasteiger partial charge is 0.481 e. The molecule has 0 aliphatic rings. The first kappa shape index (κ1) is 12.2. The van der Waals surface area contributed by atoms with Crippen molar-refractivity contribution in [3.8, 4) is 11.5 Å². The molecule has 2 aromatic rings. The van der Waals surface area contributed by atoms with E-state index in [0.29, 0.717) is 17.4 Å². The number of aromatic nitrogens is 3. The number of pyridine rings is 1. The summed E-state index contributed by atoms with van der Waals surface area (Å²) in [6.45, 7) is 3.35. The molecule has 2 aromatic heterocycles. The van der Waals surface area contributed by atoms with E-state index < -0.39 is 11.9 Å². The Balaban J connectivity index is 2.23. The monoisotopic (exact) mass is 247 g/mol. The van der Waals surface area contributed by atoms with Crippen molar-refractivity contribution in [2.45, 2.75) is 19.8 Å². The zero-order chi connectivity index (χ0) is 13.1. The minimum atomic E-state index is -0.889. The van der Waals surface area contributed by atoms with E-state index in [1.807, 2.05) is 6.07 Å². The van der Waals surface area contributed by atoms with Gasteiger partial charge in [0.05, 0.1) is 5.92 Å². The van der Waals surface area contributed by atoms with Crippen molar-refractivity contribution in [3.05, 3.63) is 30.3 Å². The molecule has 0 fully saturated rings. The molecule has 0 aliphatic carbocycles. The van der Waals surface area contributed by atoms with Crippen LogP contribution in [-0.2, 0) is 4.79 Å². The van der Waals surface area contributed by atoms with E-state index in [1.165, 1.54) is 0 Å². The smallest absolute Gasteiger partial charge is 0.307 e. The molecule has 0 radical (unpaired) electrons. The number of rotatable bonds is 4. The van der Waals surface area contributed by atoms with Gasteiger partial charge in [-0.2, -0.15) is 4.98 Å². The molecule has 94 valence electrons. The summed E-state index contributed by atoms with van der Waals surface area (Å²) in [6, 6.07) is 5.38. The summed E-state index contributed by atoms with van der Waals surface area (Å²) in [4.78, 5) is 19.2. The average Bonchev–Trinajstić information content (AvgIpc) is 2.87. The molecule has 2 atom stereocenters. The summed E-state index contributed by atoms with van der Waals surface area (Å²) in [6.07, 6.45) is 1.63. The van der Waals surface area contributed by atoms with Gasteiger partial charge in [-0.1, -0.05) is 25.1 Å². The van der Waals surface area contributed by atoms with E-state index in [-0.39, 0.29) is 5.92 Å². The number of hydrogen-bond acceptors (Lipinski definition) is 5. The number of aliphatic carboxylic acids is 1. The van der Waals surface area contributed by atoms with Crippen LogP contribution in [0.25, 0.3) is 11.5 Å². The fourth-order valence-corrected chi connectivity index (χ4v) is 1.45.